The lowest BCUT2D eigenvalue weighted by atomic mass is 10.2. The minimum atomic E-state index is -0.553. The van der Waals surface area contributed by atoms with Gasteiger partial charge in [-0.1, -0.05) is 15.9 Å². The molecule has 0 aliphatic carbocycles. The summed E-state index contributed by atoms with van der Waals surface area (Å²) in [5.41, 5.74) is 0.761. The van der Waals surface area contributed by atoms with E-state index in [4.69, 9.17) is 0 Å². The predicted octanol–water partition coefficient (Wildman–Crippen LogP) is 3.23. The molecular formula is C13H9BrFN3OS. The van der Waals surface area contributed by atoms with E-state index in [1.165, 1.54) is 23.5 Å². The van der Waals surface area contributed by atoms with Crippen LogP contribution in [0.2, 0.25) is 0 Å². The van der Waals surface area contributed by atoms with Crippen molar-refractivity contribution in [1.29, 1.82) is 0 Å². The molecule has 0 saturated heterocycles. The second kappa shape index (κ2) is 5.34. The first-order valence-corrected chi connectivity index (χ1v) is 7.45. The molecular weight excluding hydrogens is 345 g/mol. The molecule has 102 valence electrons. The molecule has 20 heavy (non-hydrogen) atoms. The van der Waals surface area contributed by atoms with Crippen molar-refractivity contribution in [3.05, 3.63) is 57.5 Å². The van der Waals surface area contributed by atoms with Crippen molar-refractivity contribution in [2.75, 3.05) is 0 Å². The van der Waals surface area contributed by atoms with Crippen LogP contribution in [0, 0.1) is 5.82 Å². The summed E-state index contributed by atoms with van der Waals surface area (Å²) in [5.74, 6) is -1.01. The number of amides is 1. The molecule has 2 heterocycles. The maximum Gasteiger partial charge on any atom is 0.254 e. The summed E-state index contributed by atoms with van der Waals surface area (Å²) >= 11 is 4.67. The highest BCUT2D eigenvalue weighted by Crippen LogP contribution is 2.15. The summed E-state index contributed by atoms with van der Waals surface area (Å²) in [6, 6.07) is 4.34. The van der Waals surface area contributed by atoms with Gasteiger partial charge in [-0.2, -0.15) is 0 Å². The Hall–Kier alpha value is -1.73. The number of hydrogen-bond acceptors (Lipinski definition) is 3. The highest BCUT2D eigenvalue weighted by Gasteiger charge is 2.12. The van der Waals surface area contributed by atoms with Gasteiger partial charge in [0, 0.05) is 22.2 Å². The van der Waals surface area contributed by atoms with Crippen LogP contribution in [0.3, 0.4) is 0 Å². The van der Waals surface area contributed by atoms with Gasteiger partial charge in [-0.15, -0.1) is 11.3 Å². The van der Waals surface area contributed by atoms with Gasteiger partial charge in [-0.05, 0) is 18.2 Å². The zero-order chi connectivity index (χ0) is 14.1. The molecule has 1 N–H and O–H groups in total. The van der Waals surface area contributed by atoms with Crippen LogP contribution in [0.4, 0.5) is 4.39 Å². The third-order valence-electron chi connectivity index (χ3n) is 2.75. The molecule has 3 aromatic rings. The Kier molecular flexibility index (Phi) is 3.54. The smallest absolute Gasteiger partial charge is 0.254 e. The predicted molar refractivity (Wildman–Crippen MR) is 78.3 cm³/mol. The number of hydrogen-bond donors (Lipinski definition) is 1. The van der Waals surface area contributed by atoms with Gasteiger partial charge in [0.05, 0.1) is 17.8 Å². The topological polar surface area (TPSA) is 46.4 Å². The number of carbonyl (C=O) groups excluding carboxylic acids is 1. The molecule has 1 amide bonds. The molecule has 0 bridgehead atoms. The zero-order valence-corrected chi connectivity index (χ0v) is 12.5. The standard InChI is InChI=1S/C13H9BrFN3OS/c14-8-1-2-10(11(15)5-8)12(19)16-6-9-7-18-3-4-20-13(18)17-9/h1-5,7H,6H2,(H,16,19). The molecule has 7 heteroatoms. The molecule has 0 saturated carbocycles. The third-order valence-corrected chi connectivity index (χ3v) is 4.01. The minimum absolute atomic E-state index is 0.0224. The van der Waals surface area contributed by atoms with Crippen molar-refractivity contribution < 1.29 is 9.18 Å². The van der Waals surface area contributed by atoms with E-state index in [0.29, 0.717) is 4.47 Å². The quantitative estimate of drug-likeness (QED) is 0.785. The lowest BCUT2D eigenvalue weighted by molar-refractivity contribution is 0.0946. The molecule has 1 aromatic carbocycles. The van der Waals surface area contributed by atoms with Crippen LogP contribution in [0.5, 0.6) is 0 Å². The number of imidazole rings is 1. The van der Waals surface area contributed by atoms with E-state index in [1.807, 2.05) is 22.2 Å². The molecule has 0 aliphatic rings. The Morgan fingerprint density at radius 3 is 3.10 bits per heavy atom. The summed E-state index contributed by atoms with van der Waals surface area (Å²) in [6.45, 7) is 0.267. The van der Waals surface area contributed by atoms with Crippen molar-refractivity contribution >= 4 is 38.1 Å². The van der Waals surface area contributed by atoms with E-state index in [-0.39, 0.29) is 12.1 Å². The van der Waals surface area contributed by atoms with Crippen LogP contribution >= 0.6 is 27.3 Å². The van der Waals surface area contributed by atoms with Gasteiger partial charge < -0.3 is 5.32 Å². The number of aromatic nitrogens is 2. The molecule has 0 radical (unpaired) electrons. The number of thiazole rings is 1. The van der Waals surface area contributed by atoms with Gasteiger partial charge >= 0.3 is 0 Å². The third kappa shape index (κ3) is 2.59. The van der Waals surface area contributed by atoms with Crippen LogP contribution in [0.25, 0.3) is 4.96 Å². The van der Waals surface area contributed by atoms with Crippen molar-refractivity contribution in [3.8, 4) is 0 Å². The number of nitrogens with one attached hydrogen (secondary N) is 1. The van der Waals surface area contributed by atoms with Crippen LogP contribution in [0.15, 0.2) is 40.4 Å². The van der Waals surface area contributed by atoms with E-state index in [0.717, 1.165) is 10.7 Å². The van der Waals surface area contributed by atoms with Gasteiger partial charge in [-0.25, -0.2) is 9.37 Å². The average Bonchev–Trinajstić information content (AvgIpc) is 2.96. The molecule has 3 rings (SSSR count). The molecule has 4 nitrogen and oxygen atoms in total. The van der Waals surface area contributed by atoms with Gasteiger partial charge in [0.1, 0.15) is 5.82 Å². The van der Waals surface area contributed by atoms with Crippen molar-refractivity contribution in [2.45, 2.75) is 6.54 Å². The Morgan fingerprint density at radius 1 is 1.50 bits per heavy atom. The van der Waals surface area contributed by atoms with Crippen molar-refractivity contribution in [2.24, 2.45) is 0 Å². The molecule has 0 spiro atoms. The first-order valence-electron chi connectivity index (χ1n) is 5.78. The fourth-order valence-electron chi connectivity index (χ4n) is 1.80. The van der Waals surface area contributed by atoms with Gasteiger partial charge in [0.25, 0.3) is 5.91 Å². The SMILES string of the molecule is O=C(NCc1cn2ccsc2n1)c1ccc(Br)cc1F. The summed E-state index contributed by atoms with van der Waals surface area (Å²) in [5, 5.41) is 4.59. The van der Waals surface area contributed by atoms with E-state index in [9.17, 15) is 9.18 Å². The summed E-state index contributed by atoms with van der Waals surface area (Å²) in [6.07, 6.45) is 3.73. The average molecular weight is 354 g/mol. The lowest BCUT2D eigenvalue weighted by Gasteiger charge is -2.04. The Bertz CT molecular complexity index is 754. The number of rotatable bonds is 3. The first kappa shape index (κ1) is 13.3. The van der Waals surface area contributed by atoms with Crippen LogP contribution in [0.1, 0.15) is 16.1 Å². The van der Waals surface area contributed by atoms with E-state index >= 15 is 0 Å². The molecule has 0 atom stereocenters. The zero-order valence-electron chi connectivity index (χ0n) is 10.1. The molecule has 2 aromatic heterocycles. The molecule has 0 unspecified atom stereocenters. The largest absolute Gasteiger partial charge is 0.346 e. The number of benzene rings is 1. The number of halogens is 2. The second-order valence-corrected chi connectivity index (χ2v) is 5.92. The van der Waals surface area contributed by atoms with E-state index in [2.05, 4.69) is 26.2 Å². The number of nitrogens with zero attached hydrogens (tertiary/aromatic N) is 2. The van der Waals surface area contributed by atoms with Crippen LogP contribution in [-0.4, -0.2) is 15.3 Å². The summed E-state index contributed by atoms with van der Waals surface area (Å²) in [7, 11) is 0. The molecule has 0 aliphatic heterocycles. The van der Waals surface area contributed by atoms with E-state index < -0.39 is 11.7 Å². The van der Waals surface area contributed by atoms with Gasteiger partial charge in [0.15, 0.2) is 4.96 Å². The summed E-state index contributed by atoms with van der Waals surface area (Å²) < 4.78 is 16.1. The van der Waals surface area contributed by atoms with Crippen LogP contribution in [-0.2, 0) is 6.54 Å². The van der Waals surface area contributed by atoms with E-state index in [1.54, 1.807) is 6.07 Å². The number of fused-ring (bicyclic) bond motifs is 1. The van der Waals surface area contributed by atoms with Gasteiger partial charge in [0.2, 0.25) is 0 Å². The second-order valence-electron chi connectivity index (χ2n) is 4.13. The monoisotopic (exact) mass is 353 g/mol. The normalized spacial score (nSPS) is 10.9. The fourth-order valence-corrected chi connectivity index (χ4v) is 2.85. The maximum atomic E-state index is 13.6. The minimum Gasteiger partial charge on any atom is -0.346 e. The lowest BCUT2D eigenvalue weighted by Crippen LogP contribution is -2.24. The van der Waals surface area contributed by atoms with Crippen LogP contribution < -0.4 is 5.32 Å². The van der Waals surface area contributed by atoms with Crippen molar-refractivity contribution in [3.63, 3.8) is 0 Å². The Labute approximate surface area is 126 Å². The first-order chi connectivity index (χ1) is 9.63. The number of carbonyl (C=O) groups is 1. The molecule has 0 fully saturated rings. The highest BCUT2D eigenvalue weighted by molar-refractivity contribution is 9.10. The summed E-state index contributed by atoms with van der Waals surface area (Å²) in [4.78, 5) is 17.1. The Morgan fingerprint density at radius 2 is 2.35 bits per heavy atom. The maximum absolute atomic E-state index is 13.6. The Balaban J connectivity index is 1.71. The van der Waals surface area contributed by atoms with Crippen molar-refractivity contribution in [1.82, 2.24) is 14.7 Å². The van der Waals surface area contributed by atoms with Gasteiger partial charge in [-0.3, -0.25) is 9.20 Å². The highest BCUT2D eigenvalue weighted by atomic mass is 79.9. The fraction of sp³-hybridized carbons (Fsp3) is 0.0769.